The standard InChI is InChI=1S/C10H11I2N3O/c11-8-5-9(12)7-10(6-8)13-14-15-1-3-16-4-2-15/h5-7H,1-4H2. The van der Waals surface area contributed by atoms with Gasteiger partial charge in [0.15, 0.2) is 0 Å². The molecular weight excluding hydrogens is 432 g/mol. The van der Waals surface area contributed by atoms with Gasteiger partial charge < -0.3 is 4.74 Å². The Balaban J connectivity index is 2.04. The topological polar surface area (TPSA) is 37.2 Å². The summed E-state index contributed by atoms with van der Waals surface area (Å²) in [5, 5.41) is 10.4. The van der Waals surface area contributed by atoms with Crippen LogP contribution in [0.25, 0.3) is 0 Å². The van der Waals surface area contributed by atoms with E-state index in [9.17, 15) is 0 Å². The second-order valence-electron chi connectivity index (χ2n) is 3.38. The average Bonchev–Trinajstić information content (AvgIpc) is 2.27. The van der Waals surface area contributed by atoms with Gasteiger partial charge in [-0.15, -0.1) is 5.11 Å². The van der Waals surface area contributed by atoms with E-state index in [0.717, 1.165) is 32.0 Å². The molecule has 1 aromatic carbocycles. The van der Waals surface area contributed by atoms with Crippen LogP contribution in [-0.4, -0.2) is 31.3 Å². The van der Waals surface area contributed by atoms with Crippen LogP contribution >= 0.6 is 45.2 Å². The van der Waals surface area contributed by atoms with Crippen molar-refractivity contribution >= 4 is 50.9 Å². The predicted octanol–water partition coefficient (Wildman–Crippen LogP) is 3.23. The summed E-state index contributed by atoms with van der Waals surface area (Å²) >= 11 is 4.57. The van der Waals surface area contributed by atoms with Gasteiger partial charge in [-0.3, -0.25) is 5.01 Å². The number of nitrogens with zero attached hydrogens (tertiary/aromatic N) is 3. The molecule has 0 aliphatic carbocycles. The number of benzene rings is 1. The summed E-state index contributed by atoms with van der Waals surface area (Å²) in [6.07, 6.45) is 0. The van der Waals surface area contributed by atoms with E-state index in [-0.39, 0.29) is 0 Å². The van der Waals surface area contributed by atoms with E-state index in [0.29, 0.717) is 0 Å². The zero-order valence-corrected chi connectivity index (χ0v) is 12.9. The van der Waals surface area contributed by atoms with Crippen LogP contribution in [0.4, 0.5) is 5.69 Å². The van der Waals surface area contributed by atoms with Crippen molar-refractivity contribution in [2.75, 3.05) is 26.3 Å². The number of halogens is 2. The molecule has 0 aromatic heterocycles. The summed E-state index contributed by atoms with van der Waals surface area (Å²) in [7, 11) is 0. The minimum atomic E-state index is 0.739. The normalized spacial score (nSPS) is 17.0. The van der Waals surface area contributed by atoms with E-state index in [2.05, 4.69) is 61.6 Å². The molecule has 1 aliphatic heterocycles. The molecule has 4 nitrogen and oxygen atoms in total. The smallest absolute Gasteiger partial charge is 0.0895 e. The van der Waals surface area contributed by atoms with Gasteiger partial charge in [-0.2, -0.15) is 0 Å². The highest BCUT2D eigenvalue weighted by atomic mass is 127. The third-order valence-electron chi connectivity index (χ3n) is 2.12. The van der Waals surface area contributed by atoms with E-state index in [1.807, 2.05) is 17.1 Å². The lowest BCUT2D eigenvalue weighted by molar-refractivity contribution is 0.0353. The SMILES string of the molecule is Ic1cc(I)cc(N=NN2CCOCC2)c1. The van der Waals surface area contributed by atoms with Crippen LogP contribution in [-0.2, 0) is 4.74 Å². The minimum Gasteiger partial charge on any atom is -0.378 e. The maximum absolute atomic E-state index is 5.24. The molecule has 0 saturated carbocycles. The fourth-order valence-corrected chi connectivity index (χ4v) is 3.26. The molecule has 16 heavy (non-hydrogen) atoms. The lowest BCUT2D eigenvalue weighted by Gasteiger charge is -2.22. The molecule has 1 aromatic rings. The quantitative estimate of drug-likeness (QED) is 0.521. The van der Waals surface area contributed by atoms with Crippen molar-refractivity contribution in [2.45, 2.75) is 0 Å². The van der Waals surface area contributed by atoms with E-state index in [1.165, 1.54) is 7.14 Å². The molecule has 0 atom stereocenters. The highest BCUT2D eigenvalue weighted by molar-refractivity contribution is 14.1. The molecule has 6 heteroatoms. The lowest BCUT2D eigenvalue weighted by atomic mass is 10.3. The van der Waals surface area contributed by atoms with Gasteiger partial charge in [0.05, 0.1) is 32.0 Å². The van der Waals surface area contributed by atoms with Gasteiger partial charge in [0, 0.05) is 7.14 Å². The molecule has 0 spiro atoms. The zero-order chi connectivity index (χ0) is 11.4. The Kier molecular flexibility index (Phi) is 4.77. The monoisotopic (exact) mass is 443 g/mol. The second kappa shape index (κ2) is 6.10. The number of hydrogen-bond acceptors (Lipinski definition) is 3. The minimum absolute atomic E-state index is 0.739. The molecule has 2 rings (SSSR count). The highest BCUT2D eigenvalue weighted by Gasteiger charge is 2.07. The molecule has 86 valence electrons. The molecule has 0 radical (unpaired) electrons. The van der Waals surface area contributed by atoms with Gasteiger partial charge in [0.25, 0.3) is 0 Å². The maximum Gasteiger partial charge on any atom is 0.0895 e. The second-order valence-corrected chi connectivity index (χ2v) is 5.87. The first-order chi connectivity index (χ1) is 7.74. The van der Waals surface area contributed by atoms with Crippen molar-refractivity contribution in [2.24, 2.45) is 10.3 Å². The Hall–Kier alpha value is 0.0400. The van der Waals surface area contributed by atoms with Crippen LogP contribution in [0.3, 0.4) is 0 Å². The molecule has 1 fully saturated rings. The molecule has 0 N–H and O–H groups in total. The van der Waals surface area contributed by atoms with Gasteiger partial charge in [0.1, 0.15) is 0 Å². The number of hydrogen-bond donors (Lipinski definition) is 0. The summed E-state index contributed by atoms with van der Waals surface area (Å²) in [5.41, 5.74) is 0.905. The first kappa shape index (κ1) is 12.5. The van der Waals surface area contributed by atoms with Gasteiger partial charge >= 0.3 is 0 Å². The Morgan fingerprint density at radius 1 is 1.06 bits per heavy atom. The lowest BCUT2D eigenvalue weighted by Crippen LogP contribution is -2.31. The van der Waals surface area contributed by atoms with Gasteiger partial charge in [-0.05, 0) is 63.4 Å². The van der Waals surface area contributed by atoms with Crippen LogP contribution in [0.2, 0.25) is 0 Å². The molecule has 1 aliphatic rings. The molecule has 0 unspecified atom stereocenters. The Labute approximate surface area is 122 Å². The van der Waals surface area contributed by atoms with Crippen molar-refractivity contribution in [3.05, 3.63) is 25.3 Å². The Morgan fingerprint density at radius 2 is 1.69 bits per heavy atom. The summed E-state index contributed by atoms with van der Waals surface area (Å²) in [6.45, 7) is 3.13. The van der Waals surface area contributed by atoms with Crippen molar-refractivity contribution in [3.63, 3.8) is 0 Å². The molecule has 0 amide bonds. The van der Waals surface area contributed by atoms with E-state index < -0.39 is 0 Å². The molecule has 1 heterocycles. The van der Waals surface area contributed by atoms with Crippen LogP contribution in [0.15, 0.2) is 28.5 Å². The summed E-state index contributed by atoms with van der Waals surface area (Å²) < 4.78 is 7.61. The predicted molar refractivity (Wildman–Crippen MR) is 78.8 cm³/mol. The van der Waals surface area contributed by atoms with Crippen molar-refractivity contribution in [1.82, 2.24) is 5.01 Å². The van der Waals surface area contributed by atoms with Crippen LogP contribution in [0.5, 0.6) is 0 Å². The van der Waals surface area contributed by atoms with E-state index in [1.54, 1.807) is 0 Å². The molecular formula is C10H11I2N3O. The number of morpholine rings is 1. The van der Waals surface area contributed by atoms with Crippen molar-refractivity contribution < 1.29 is 4.74 Å². The Morgan fingerprint density at radius 3 is 2.31 bits per heavy atom. The Bertz CT molecular complexity index is 371. The summed E-state index contributed by atoms with van der Waals surface area (Å²) in [6, 6.07) is 6.15. The fourth-order valence-electron chi connectivity index (χ4n) is 1.36. The summed E-state index contributed by atoms with van der Waals surface area (Å²) in [5.74, 6) is 0. The van der Waals surface area contributed by atoms with Crippen molar-refractivity contribution in [1.29, 1.82) is 0 Å². The maximum atomic E-state index is 5.24. The first-order valence-corrected chi connectivity index (χ1v) is 7.10. The van der Waals surface area contributed by atoms with Gasteiger partial charge in [0.2, 0.25) is 0 Å². The van der Waals surface area contributed by atoms with Gasteiger partial charge in [-0.25, -0.2) is 0 Å². The number of ether oxygens (including phenoxy) is 1. The van der Waals surface area contributed by atoms with Crippen LogP contribution in [0.1, 0.15) is 0 Å². The highest BCUT2D eigenvalue weighted by Crippen LogP contribution is 2.21. The average molecular weight is 443 g/mol. The third-order valence-corrected chi connectivity index (χ3v) is 3.37. The summed E-state index contributed by atoms with van der Waals surface area (Å²) in [4.78, 5) is 0. The molecule has 1 saturated heterocycles. The number of rotatable bonds is 2. The van der Waals surface area contributed by atoms with Gasteiger partial charge in [-0.1, -0.05) is 5.22 Å². The van der Waals surface area contributed by atoms with E-state index >= 15 is 0 Å². The largest absolute Gasteiger partial charge is 0.378 e. The van der Waals surface area contributed by atoms with Crippen LogP contribution in [0, 0.1) is 7.14 Å². The third kappa shape index (κ3) is 3.81. The van der Waals surface area contributed by atoms with E-state index in [4.69, 9.17) is 4.74 Å². The van der Waals surface area contributed by atoms with Crippen molar-refractivity contribution in [3.8, 4) is 0 Å². The molecule has 0 bridgehead atoms. The zero-order valence-electron chi connectivity index (χ0n) is 8.57. The first-order valence-electron chi connectivity index (χ1n) is 4.94. The van der Waals surface area contributed by atoms with Crippen LogP contribution < -0.4 is 0 Å². The fraction of sp³-hybridized carbons (Fsp3) is 0.400.